The average molecular weight is 344 g/mol. The highest BCUT2D eigenvalue weighted by Gasteiger charge is 2.25. The van der Waals surface area contributed by atoms with Crippen LogP contribution in [0.1, 0.15) is 37.4 Å². The van der Waals surface area contributed by atoms with Gasteiger partial charge >= 0.3 is 0 Å². The van der Waals surface area contributed by atoms with Crippen molar-refractivity contribution in [1.82, 2.24) is 9.55 Å². The second-order valence-electron chi connectivity index (χ2n) is 5.48. The molecule has 0 spiro atoms. The third-order valence-corrected chi connectivity index (χ3v) is 4.65. The Morgan fingerprint density at radius 2 is 1.95 bits per heavy atom. The zero-order valence-electron chi connectivity index (χ0n) is 11.8. The number of benzene rings is 1. The first-order valence-electron chi connectivity index (χ1n) is 7.26. The monoisotopic (exact) mass is 343 g/mol. The molecule has 0 bridgehead atoms. The highest BCUT2D eigenvalue weighted by atomic mass is 79.9. The van der Waals surface area contributed by atoms with E-state index in [0.717, 1.165) is 21.6 Å². The molecule has 2 N–H and O–H groups in total. The molecular formula is C17H18BrN3. The topological polar surface area (TPSA) is 43.8 Å². The Hall–Kier alpha value is -1.73. The molecule has 3 rings (SSSR count). The van der Waals surface area contributed by atoms with Crippen molar-refractivity contribution in [1.29, 1.82) is 0 Å². The van der Waals surface area contributed by atoms with Crippen LogP contribution < -0.4 is 5.73 Å². The maximum atomic E-state index is 6.32. The molecule has 1 heterocycles. The third-order valence-electron chi connectivity index (χ3n) is 4.12. The molecule has 1 fully saturated rings. The number of nitrogens with zero attached hydrogens (tertiary/aromatic N) is 2. The summed E-state index contributed by atoms with van der Waals surface area (Å²) in [5.41, 5.74) is 8.20. The Kier molecular flexibility index (Phi) is 4.03. The van der Waals surface area contributed by atoms with E-state index in [9.17, 15) is 0 Å². The van der Waals surface area contributed by atoms with E-state index in [1.165, 1.54) is 25.7 Å². The fourth-order valence-electron chi connectivity index (χ4n) is 3.06. The fourth-order valence-corrected chi connectivity index (χ4v) is 3.32. The van der Waals surface area contributed by atoms with Gasteiger partial charge in [-0.15, -0.1) is 6.42 Å². The summed E-state index contributed by atoms with van der Waals surface area (Å²) >= 11 is 3.45. The summed E-state index contributed by atoms with van der Waals surface area (Å²) in [5.74, 6) is 4.92. The number of nitrogens with two attached hydrogens (primary N) is 1. The number of aromatic nitrogens is 2. The predicted molar refractivity (Wildman–Crippen MR) is 89.8 cm³/mol. The van der Waals surface area contributed by atoms with Crippen molar-refractivity contribution in [3.63, 3.8) is 0 Å². The van der Waals surface area contributed by atoms with Crippen LogP contribution in [-0.4, -0.2) is 9.55 Å². The highest BCUT2D eigenvalue weighted by molar-refractivity contribution is 9.10. The van der Waals surface area contributed by atoms with Crippen LogP contribution in [0.4, 0.5) is 5.82 Å². The van der Waals surface area contributed by atoms with Crippen molar-refractivity contribution in [3.8, 4) is 23.6 Å². The van der Waals surface area contributed by atoms with Crippen molar-refractivity contribution in [2.75, 3.05) is 5.73 Å². The number of nitrogen functional groups attached to an aromatic ring is 1. The number of hydrogen-bond acceptors (Lipinski definition) is 2. The molecule has 1 saturated carbocycles. The lowest BCUT2D eigenvalue weighted by molar-refractivity contribution is 0.622. The highest BCUT2D eigenvalue weighted by Crippen LogP contribution is 2.37. The molecule has 0 aliphatic heterocycles. The van der Waals surface area contributed by atoms with Crippen molar-refractivity contribution in [2.45, 2.75) is 38.1 Å². The van der Waals surface area contributed by atoms with Crippen LogP contribution >= 0.6 is 15.9 Å². The van der Waals surface area contributed by atoms with Gasteiger partial charge in [-0.2, -0.15) is 0 Å². The molecule has 108 valence electrons. The Bertz CT molecular complexity index is 673. The van der Waals surface area contributed by atoms with Gasteiger partial charge in [0.1, 0.15) is 17.3 Å². The molecule has 0 unspecified atom stereocenters. The molecule has 3 nitrogen and oxygen atoms in total. The van der Waals surface area contributed by atoms with Gasteiger partial charge in [0, 0.05) is 16.0 Å². The van der Waals surface area contributed by atoms with E-state index in [1.54, 1.807) is 0 Å². The summed E-state index contributed by atoms with van der Waals surface area (Å²) in [4.78, 5) is 4.84. The predicted octanol–water partition coefficient (Wildman–Crippen LogP) is 4.19. The lowest BCUT2D eigenvalue weighted by atomic mass is 10.1. The van der Waals surface area contributed by atoms with Gasteiger partial charge in [0.15, 0.2) is 0 Å². The van der Waals surface area contributed by atoms with Gasteiger partial charge < -0.3 is 10.3 Å². The third kappa shape index (κ3) is 2.71. The summed E-state index contributed by atoms with van der Waals surface area (Å²) in [6.07, 6.45) is 10.4. The van der Waals surface area contributed by atoms with Gasteiger partial charge in [-0.3, -0.25) is 0 Å². The maximum absolute atomic E-state index is 6.32. The van der Waals surface area contributed by atoms with Gasteiger partial charge in [0.25, 0.3) is 0 Å². The van der Waals surface area contributed by atoms with Crippen LogP contribution in [0.15, 0.2) is 28.7 Å². The quantitative estimate of drug-likeness (QED) is 0.849. The molecule has 1 aromatic heterocycles. The van der Waals surface area contributed by atoms with E-state index >= 15 is 0 Å². The Morgan fingerprint density at radius 1 is 1.29 bits per heavy atom. The van der Waals surface area contributed by atoms with Crippen LogP contribution in [-0.2, 0) is 6.54 Å². The van der Waals surface area contributed by atoms with Gasteiger partial charge in [-0.05, 0) is 25.0 Å². The first-order chi connectivity index (χ1) is 10.2. The number of hydrogen-bond donors (Lipinski definition) is 1. The minimum atomic E-state index is 0.487. The van der Waals surface area contributed by atoms with E-state index < -0.39 is 0 Å². The minimum absolute atomic E-state index is 0.487. The molecule has 1 aliphatic rings. The molecule has 2 aromatic rings. The smallest absolute Gasteiger partial charge is 0.132 e. The Morgan fingerprint density at radius 3 is 2.57 bits per heavy atom. The second kappa shape index (κ2) is 5.95. The standard InChI is InChI=1S/C17H18BrN3/c1-2-11-21-16(19)15(12-7-9-14(18)10-8-12)20-17(21)13-5-3-4-6-13/h1,7-10,13H,3-6,11,19H2. The lowest BCUT2D eigenvalue weighted by Crippen LogP contribution is -2.09. The first-order valence-corrected chi connectivity index (χ1v) is 8.05. The number of imidazole rings is 1. The van der Waals surface area contributed by atoms with E-state index in [0.29, 0.717) is 18.3 Å². The zero-order chi connectivity index (χ0) is 14.8. The summed E-state index contributed by atoms with van der Waals surface area (Å²) in [5, 5.41) is 0. The van der Waals surface area contributed by atoms with Crippen LogP contribution in [0.2, 0.25) is 0 Å². The molecule has 1 aliphatic carbocycles. The summed E-state index contributed by atoms with van der Waals surface area (Å²) in [7, 11) is 0. The van der Waals surface area contributed by atoms with Crippen molar-refractivity contribution >= 4 is 21.7 Å². The molecule has 21 heavy (non-hydrogen) atoms. The summed E-state index contributed by atoms with van der Waals surface area (Å²) in [6, 6.07) is 8.07. The van der Waals surface area contributed by atoms with Gasteiger partial charge in [0.2, 0.25) is 0 Å². The first kappa shape index (κ1) is 14.2. The number of anilines is 1. The summed E-state index contributed by atoms with van der Waals surface area (Å²) in [6.45, 7) is 0.487. The van der Waals surface area contributed by atoms with Crippen LogP contribution in [0.25, 0.3) is 11.3 Å². The van der Waals surface area contributed by atoms with Crippen molar-refractivity contribution in [3.05, 3.63) is 34.6 Å². The Labute approximate surface area is 133 Å². The molecule has 0 amide bonds. The van der Waals surface area contributed by atoms with Gasteiger partial charge in [0.05, 0.1) is 6.54 Å². The van der Waals surface area contributed by atoms with Gasteiger partial charge in [-0.25, -0.2) is 4.98 Å². The molecule has 0 radical (unpaired) electrons. The summed E-state index contributed by atoms with van der Waals surface area (Å²) < 4.78 is 3.05. The number of rotatable bonds is 3. The van der Waals surface area contributed by atoms with E-state index in [-0.39, 0.29) is 0 Å². The van der Waals surface area contributed by atoms with Crippen LogP contribution in [0, 0.1) is 12.3 Å². The Balaban J connectivity index is 2.07. The van der Waals surface area contributed by atoms with Gasteiger partial charge in [-0.1, -0.05) is 46.8 Å². The second-order valence-corrected chi connectivity index (χ2v) is 6.40. The van der Waals surface area contributed by atoms with Crippen LogP contribution in [0.5, 0.6) is 0 Å². The number of terminal acetylenes is 1. The average Bonchev–Trinajstić information content (AvgIpc) is 3.10. The zero-order valence-corrected chi connectivity index (χ0v) is 13.4. The van der Waals surface area contributed by atoms with Crippen molar-refractivity contribution in [2.24, 2.45) is 0 Å². The van der Waals surface area contributed by atoms with Crippen molar-refractivity contribution < 1.29 is 0 Å². The number of halogens is 1. The molecule has 0 atom stereocenters. The van der Waals surface area contributed by atoms with E-state index in [4.69, 9.17) is 17.1 Å². The van der Waals surface area contributed by atoms with Crippen LogP contribution in [0.3, 0.4) is 0 Å². The van der Waals surface area contributed by atoms with E-state index in [2.05, 4.69) is 21.9 Å². The molecule has 1 aromatic carbocycles. The minimum Gasteiger partial charge on any atom is -0.383 e. The SMILES string of the molecule is C#CCn1c(C2CCCC2)nc(-c2ccc(Br)cc2)c1N. The molecule has 4 heteroatoms. The maximum Gasteiger partial charge on any atom is 0.132 e. The fraction of sp³-hybridized carbons (Fsp3) is 0.353. The molecule has 0 saturated heterocycles. The largest absolute Gasteiger partial charge is 0.383 e. The lowest BCUT2D eigenvalue weighted by Gasteiger charge is -2.11. The molecular weight excluding hydrogens is 326 g/mol. The normalized spacial score (nSPS) is 15.2. The van der Waals surface area contributed by atoms with E-state index in [1.807, 2.05) is 28.8 Å².